The van der Waals surface area contributed by atoms with E-state index in [0.717, 1.165) is 0 Å². The standard InChI is InChI=1S/C9H19NO3S/c1-9(2)8(7(5-10)6-11)3-4-14(9,12)13/h7-8,11H,3-6,10H2,1-2H3. The Balaban J connectivity index is 2.95. The predicted octanol–water partition coefficient (Wildman–Crippen LogP) is -0.233. The van der Waals surface area contributed by atoms with Crippen molar-refractivity contribution in [2.75, 3.05) is 18.9 Å². The van der Waals surface area contributed by atoms with Crippen LogP contribution < -0.4 is 5.73 Å². The van der Waals surface area contributed by atoms with Crippen LogP contribution in [0.1, 0.15) is 20.3 Å². The highest BCUT2D eigenvalue weighted by atomic mass is 32.2. The lowest BCUT2D eigenvalue weighted by Gasteiger charge is -2.30. The molecule has 0 aromatic carbocycles. The molecule has 1 saturated heterocycles. The summed E-state index contributed by atoms with van der Waals surface area (Å²) in [5.74, 6) is 0.117. The minimum absolute atomic E-state index is 0.0116. The van der Waals surface area contributed by atoms with Gasteiger partial charge in [0.2, 0.25) is 0 Å². The van der Waals surface area contributed by atoms with Gasteiger partial charge in [0.15, 0.2) is 9.84 Å². The van der Waals surface area contributed by atoms with Crippen LogP contribution >= 0.6 is 0 Å². The molecule has 1 aliphatic rings. The average molecular weight is 221 g/mol. The first-order chi connectivity index (χ1) is 6.36. The van der Waals surface area contributed by atoms with Gasteiger partial charge in [-0.05, 0) is 38.6 Å². The predicted molar refractivity (Wildman–Crippen MR) is 55.6 cm³/mol. The molecule has 0 aromatic heterocycles. The topological polar surface area (TPSA) is 80.4 Å². The van der Waals surface area contributed by atoms with Gasteiger partial charge in [0.05, 0.1) is 10.5 Å². The first-order valence-electron chi connectivity index (χ1n) is 4.90. The van der Waals surface area contributed by atoms with Gasteiger partial charge in [-0.15, -0.1) is 0 Å². The van der Waals surface area contributed by atoms with Crippen LogP contribution in [0.3, 0.4) is 0 Å². The molecule has 0 aliphatic carbocycles. The highest BCUT2D eigenvalue weighted by molar-refractivity contribution is 7.93. The van der Waals surface area contributed by atoms with Crippen molar-refractivity contribution in [3.05, 3.63) is 0 Å². The highest BCUT2D eigenvalue weighted by Crippen LogP contribution is 2.41. The molecule has 0 aromatic rings. The van der Waals surface area contributed by atoms with E-state index in [1.807, 2.05) is 0 Å². The summed E-state index contributed by atoms with van der Waals surface area (Å²) in [6.07, 6.45) is 0.623. The molecule has 1 fully saturated rings. The van der Waals surface area contributed by atoms with Crippen molar-refractivity contribution in [2.45, 2.75) is 25.0 Å². The molecule has 1 aliphatic heterocycles. The fraction of sp³-hybridized carbons (Fsp3) is 1.00. The van der Waals surface area contributed by atoms with Gasteiger partial charge in [-0.2, -0.15) is 0 Å². The van der Waals surface area contributed by atoms with Gasteiger partial charge in [-0.3, -0.25) is 0 Å². The van der Waals surface area contributed by atoms with Crippen LogP contribution in [0, 0.1) is 11.8 Å². The zero-order valence-corrected chi connectivity index (χ0v) is 9.55. The van der Waals surface area contributed by atoms with Crippen LogP contribution in [-0.4, -0.2) is 37.2 Å². The normalized spacial score (nSPS) is 31.6. The first kappa shape index (κ1) is 11.9. The summed E-state index contributed by atoms with van der Waals surface area (Å²) in [6, 6.07) is 0. The molecule has 4 nitrogen and oxygen atoms in total. The van der Waals surface area contributed by atoms with Crippen molar-refractivity contribution in [3.8, 4) is 0 Å². The van der Waals surface area contributed by atoms with E-state index in [1.54, 1.807) is 13.8 Å². The molecule has 0 spiro atoms. The lowest BCUT2D eigenvalue weighted by atomic mass is 9.81. The van der Waals surface area contributed by atoms with Crippen molar-refractivity contribution < 1.29 is 13.5 Å². The fourth-order valence-corrected chi connectivity index (χ4v) is 4.15. The summed E-state index contributed by atoms with van der Waals surface area (Å²) in [6.45, 7) is 3.79. The maximum Gasteiger partial charge on any atom is 0.155 e. The summed E-state index contributed by atoms with van der Waals surface area (Å²) in [5.41, 5.74) is 5.52. The van der Waals surface area contributed by atoms with Crippen LogP contribution in [0.15, 0.2) is 0 Å². The molecule has 0 radical (unpaired) electrons. The van der Waals surface area contributed by atoms with Crippen molar-refractivity contribution in [1.29, 1.82) is 0 Å². The summed E-state index contributed by atoms with van der Waals surface area (Å²) >= 11 is 0. The second-order valence-corrected chi connectivity index (χ2v) is 7.19. The second kappa shape index (κ2) is 3.79. The Labute approximate surface area is 85.4 Å². The average Bonchev–Trinajstić information content (AvgIpc) is 2.29. The summed E-state index contributed by atoms with van der Waals surface area (Å²) in [7, 11) is -3.01. The van der Waals surface area contributed by atoms with E-state index in [4.69, 9.17) is 10.8 Å². The monoisotopic (exact) mass is 221 g/mol. The van der Waals surface area contributed by atoms with E-state index in [9.17, 15) is 8.42 Å². The molecule has 5 heteroatoms. The third-order valence-corrected chi connectivity index (χ3v) is 6.18. The van der Waals surface area contributed by atoms with Crippen molar-refractivity contribution in [2.24, 2.45) is 17.6 Å². The number of aliphatic hydroxyl groups is 1. The minimum atomic E-state index is -3.01. The van der Waals surface area contributed by atoms with E-state index in [-0.39, 0.29) is 24.2 Å². The third-order valence-electron chi connectivity index (χ3n) is 3.50. The van der Waals surface area contributed by atoms with Gasteiger partial charge in [0.1, 0.15) is 0 Å². The number of hydrogen-bond donors (Lipinski definition) is 2. The number of nitrogens with two attached hydrogens (primary N) is 1. The molecule has 2 atom stereocenters. The van der Waals surface area contributed by atoms with E-state index in [2.05, 4.69) is 0 Å². The van der Waals surface area contributed by atoms with E-state index in [1.165, 1.54) is 0 Å². The van der Waals surface area contributed by atoms with Gasteiger partial charge in [-0.25, -0.2) is 8.42 Å². The van der Waals surface area contributed by atoms with Gasteiger partial charge in [0.25, 0.3) is 0 Å². The molecule has 1 rings (SSSR count). The van der Waals surface area contributed by atoms with Gasteiger partial charge >= 0.3 is 0 Å². The maximum absolute atomic E-state index is 11.7. The molecular weight excluding hydrogens is 202 g/mol. The Hall–Kier alpha value is -0.130. The smallest absolute Gasteiger partial charge is 0.155 e. The number of sulfone groups is 1. The van der Waals surface area contributed by atoms with Crippen LogP contribution in [-0.2, 0) is 9.84 Å². The van der Waals surface area contributed by atoms with Crippen molar-refractivity contribution in [1.82, 2.24) is 0 Å². The minimum Gasteiger partial charge on any atom is -0.396 e. The summed E-state index contributed by atoms with van der Waals surface area (Å²) in [4.78, 5) is 0. The zero-order valence-electron chi connectivity index (χ0n) is 8.73. The molecule has 14 heavy (non-hydrogen) atoms. The van der Waals surface area contributed by atoms with Crippen LogP contribution in [0.4, 0.5) is 0 Å². The van der Waals surface area contributed by atoms with E-state index < -0.39 is 14.6 Å². The molecular formula is C9H19NO3S. The Bertz CT molecular complexity index is 293. The highest BCUT2D eigenvalue weighted by Gasteiger charge is 2.49. The van der Waals surface area contributed by atoms with Gasteiger partial charge in [-0.1, -0.05) is 0 Å². The summed E-state index contributed by atoms with van der Waals surface area (Å²) in [5, 5.41) is 9.11. The van der Waals surface area contributed by atoms with E-state index >= 15 is 0 Å². The lowest BCUT2D eigenvalue weighted by Crippen LogP contribution is -2.41. The quantitative estimate of drug-likeness (QED) is 0.689. The van der Waals surface area contributed by atoms with Crippen LogP contribution in [0.2, 0.25) is 0 Å². The van der Waals surface area contributed by atoms with Gasteiger partial charge < -0.3 is 10.8 Å². The summed E-state index contributed by atoms with van der Waals surface area (Å²) < 4.78 is 22.7. The molecule has 2 unspecified atom stereocenters. The number of rotatable bonds is 3. The maximum atomic E-state index is 11.7. The SMILES string of the molecule is CC1(C)C(C(CN)CO)CCS1(=O)=O. The Morgan fingerprint density at radius 1 is 1.57 bits per heavy atom. The van der Waals surface area contributed by atoms with Gasteiger partial charge in [0, 0.05) is 6.61 Å². The van der Waals surface area contributed by atoms with Crippen LogP contribution in [0.25, 0.3) is 0 Å². The molecule has 84 valence electrons. The second-order valence-electron chi connectivity index (χ2n) is 4.50. The lowest BCUT2D eigenvalue weighted by molar-refractivity contribution is 0.162. The molecule has 0 amide bonds. The number of aliphatic hydroxyl groups excluding tert-OH is 1. The number of hydrogen-bond acceptors (Lipinski definition) is 4. The van der Waals surface area contributed by atoms with Crippen molar-refractivity contribution in [3.63, 3.8) is 0 Å². The van der Waals surface area contributed by atoms with E-state index in [0.29, 0.717) is 13.0 Å². The zero-order chi connectivity index (χ0) is 11.0. The van der Waals surface area contributed by atoms with Crippen LogP contribution in [0.5, 0.6) is 0 Å². The first-order valence-corrected chi connectivity index (χ1v) is 6.55. The Morgan fingerprint density at radius 3 is 2.43 bits per heavy atom. The molecule has 3 N–H and O–H groups in total. The third kappa shape index (κ3) is 1.68. The largest absolute Gasteiger partial charge is 0.396 e. The van der Waals surface area contributed by atoms with Crippen molar-refractivity contribution >= 4 is 9.84 Å². The molecule has 1 heterocycles. The Morgan fingerprint density at radius 2 is 2.14 bits per heavy atom. The Kier molecular flexibility index (Phi) is 3.23. The molecule has 0 bridgehead atoms. The fourth-order valence-electron chi connectivity index (χ4n) is 2.29. The molecule has 0 saturated carbocycles.